The molecule has 0 N–H and O–H groups in total. The van der Waals surface area contributed by atoms with E-state index in [1.54, 1.807) is 41.5 Å². The van der Waals surface area contributed by atoms with Gasteiger partial charge in [-0.05, 0) is 37.1 Å². The summed E-state index contributed by atoms with van der Waals surface area (Å²) in [6, 6.07) is 12.7. The van der Waals surface area contributed by atoms with Crippen molar-refractivity contribution < 1.29 is 9.21 Å². The molecule has 2 rings (SSSR count). The average Bonchev–Trinajstić information content (AvgIpc) is 3.04. The normalized spacial score (nSPS) is 12.0. The molecule has 4 nitrogen and oxygen atoms in total. The van der Waals surface area contributed by atoms with Crippen LogP contribution in [-0.2, 0) is 6.54 Å². The SMILES string of the molecule is CC(C)C(C)N(Cc1ccco1)C(=O)c1ccccc1C#N. The lowest BCUT2D eigenvalue weighted by Gasteiger charge is -2.31. The number of nitriles is 1. The van der Waals surface area contributed by atoms with Crippen molar-refractivity contribution in [3.63, 3.8) is 0 Å². The van der Waals surface area contributed by atoms with Gasteiger partial charge in [-0.25, -0.2) is 0 Å². The topological polar surface area (TPSA) is 57.2 Å². The zero-order valence-electron chi connectivity index (χ0n) is 13.1. The second-order valence-corrected chi connectivity index (χ2v) is 5.65. The largest absolute Gasteiger partial charge is 0.467 e. The summed E-state index contributed by atoms with van der Waals surface area (Å²) in [6.45, 7) is 6.55. The van der Waals surface area contributed by atoms with E-state index in [0.29, 0.717) is 23.6 Å². The van der Waals surface area contributed by atoms with E-state index in [2.05, 4.69) is 19.9 Å². The number of benzene rings is 1. The van der Waals surface area contributed by atoms with Gasteiger partial charge in [0.05, 0.1) is 30.0 Å². The molecule has 0 saturated heterocycles. The number of carbonyl (C=O) groups excluding carboxylic acids is 1. The summed E-state index contributed by atoms with van der Waals surface area (Å²) in [7, 11) is 0. The van der Waals surface area contributed by atoms with Crippen molar-refractivity contribution in [2.45, 2.75) is 33.4 Å². The fourth-order valence-corrected chi connectivity index (χ4v) is 2.25. The van der Waals surface area contributed by atoms with Crippen molar-refractivity contribution in [2.75, 3.05) is 0 Å². The Morgan fingerprint density at radius 2 is 1.95 bits per heavy atom. The molecule has 1 atom stereocenters. The van der Waals surface area contributed by atoms with Gasteiger partial charge in [-0.2, -0.15) is 5.26 Å². The quantitative estimate of drug-likeness (QED) is 0.842. The van der Waals surface area contributed by atoms with Crippen molar-refractivity contribution >= 4 is 5.91 Å². The maximum atomic E-state index is 12.9. The van der Waals surface area contributed by atoms with Crippen molar-refractivity contribution in [3.8, 4) is 6.07 Å². The molecule has 1 aromatic heterocycles. The molecule has 0 bridgehead atoms. The maximum absolute atomic E-state index is 12.9. The number of amides is 1. The number of hydrogen-bond acceptors (Lipinski definition) is 3. The van der Waals surface area contributed by atoms with Crippen molar-refractivity contribution in [3.05, 3.63) is 59.5 Å². The first-order valence-corrected chi connectivity index (χ1v) is 7.37. The summed E-state index contributed by atoms with van der Waals surface area (Å²) in [4.78, 5) is 14.7. The summed E-state index contributed by atoms with van der Waals surface area (Å²) in [5.41, 5.74) is 0.831. The Labute approximate surface area is 131 Å². The average molecular weight is 296 g/mol. The highest BCUT2D eigenvalue weighted by atomic mass is 16.3. The van der Waals surface area contributed by atoms with E-state index in [9.17, 15) is 10.1 Å². The molecule has 22 heavy (non-hydrogen) atoms. The van der Waals surface area contributed by atoms with Crippen LogP contribution in [0.15, 0.2) is 47.1 Å². The van der Waals surface area contributed by atoms with Gasteiger partial charge in [0.1, 0.15) is 5.76 Å². The molecule has 0 aliphatic heterocycles. The van der Waals surface area contributed by atoms with Gasteiger partial charge < -0.3 is 9.32 Å². The first kappa shape index (κ1) is 15.8. The van der Waals surface area contributed by atoms with E-state index in [0.717, 1.165) is 5.76 Å². The molecule has 2 aromatic rings. The van der Waals surface area contributed by atoms with Crippen LogP contribution in [0.25, 0.3) is 0 Å². The van der Waals surface area contributed by atoms with Crippen LogP contribution in [0.1, 0.15) is 42.5 Å². The number of hydrogen-bond donors (Lipinski definition) is 0. The Bertz CT molecular complexity index is 669. The number of rotatable bonds is 5. The minimum absolute atomic E-state index is 0.0318. The Balaban J connectivity index is 2.35. The highest BCUT2D eigenvalue weighted by Crippen LogP contribution is 2.20. The molecule has 114 valence electrons. The van der Waals surface area contributed by atoms with Crippen molar-refractivity contribution in [1.29, 1.82) is 5.26 Å². The third kappa shape index (κ3) is 3.37. The van der Waals surface area contributed by atoms with Gasteiger partial charge in [0.15, 0.2) is 0 Å². The highest BCUT2D eigenvalue weighted by Gasteiger charge is 2.26. The Kier molecular flexibility index (Phi) is 5.00. The second-order valence-electron chi connectivity index (χ2n) is 5.65. The summed E-state index contributed by atoms with van der Waals surface area (Å²) < 4.78 is 5.38. The fourth-order valence-electron chi connectivity index (χ4n) is 2.25. The maximum Gasteiger partial charge on any atom is 0.255 e. The molecule has 1 heterocycles. The van der Waals surface area contributed by atoms with E-state index >= 15 is 0 Å². The van der Waals surface area contributed by atoms with E-state index < -0.39 is 0 Å². The molecule has 0 aliphatic carbocycles. The van der Waals surface area contributed by atoms with E-state index in [-0.39, 0.29) is 11.9 Å². The van der Waals surface area contributed by atoms with Crippen LogP contribution in [0, 0.1) is 17.2 Å². The highest BCUT2D eigenvalue weighted by molar-refractivity contribution is 5.96. The van der Waals surface area contributed by atoms with Crippen molar-refractivity contribution in [1.82, 2.24) is 4.90 Å². The summed E-state index contributed by atoms with van der Waals surface area (Å²) in [6.07, 6.45) is 1.60. The van der Waals surface area contributed by atoms with E-state index in [1.165, 1.54) is 0 Å². The van der Waals surface area contributed by atoms with Gasteiger partial charge in [-0.1, -0.05) is 26.0 Å². The number of carbonyl (C=O) groups is 1. The van der Waals surface area contributed by atoms with Crippen LogP contribution in [0.2, 0.25) is 0 Å². The molecule has 0 saturated carbocycles. The van der Waals surface area contributed by atoms with Crippen LogP contribution in [0.4, 0.5) is 0 Å². The molecular weight excluding hydrogens is 276 g/mol. The van der Waals surface area contributed by atoms with Crippen LogP contribution in [0.3, 0.4) is 0 Å². The molecule has 0 aliphatic rings. The Hall–Kier alpha value is -2.54. The standard InChI is InChI=1S/C18H20N2O2/c1-13(2)14(3)20(12-16-8-6-10-22-16)18(21)17-9-5-4-7-15(17)11-19/h4-10,13-14H,12H2,1-3H3. The van der Waals surface area contributed by atoms with Crippen LogP contribution < -0.4 is 0 Å². The van der Waals surface area contributed by atoms with E-state index in [4.69, 9.17) is 4.42 Å². The lowest BCUT2D eigenvalue weighted by molar-refractivity contribution is 0.0610. The zero-order chi connectivity index (χ0) is 16.1. The van der Waals surface area contributed by atoms with Gasteiger partial charge >= 0.3 is 0 Å². The Morgan fingerprint density at radius 1 is 1.23 bits per heavy atom. The lowest BCUT2D eigenvalue weighted by Crippen LogP contribution is -2.41. The van der Waals surface area contributed by atoms with E-state index in [1.807, 2.05) is 13.0 Å². The molecule has 1 unspecified atom stereocenters. The molecule has 0 fully saturated rings. The molecule has 1 amide bonds. The summed E-state index contributed by atoms with van der Waals surface area (Å²) in [5, 5.41) is 9.21. The van der Waals surface area contributed by atoms with Crippen molar-refractivity contribution in [2.24, 2.45) is 5.92 Å². The van der Waals surface area contributed by atoms with Crippen LogP contribution in [-0.4, -0.2) is 16.8 Å². The predicted molar refractivity (Wildman–Crippen MR) is 84.0 cm³/mol. The lowest BCUT2D eigenvalue weighted by atomic mass is 10.0. The summed E-state index contributed by atoms with van der Waals surface area (Å²) >= 11 is 0. The molecular formula is C18H20N2O2. The molecule has 0 radical (unpaired) electrons. The monoisotopic (exact) mass is 296 g/mol. The van der Waals surface area contributed by atoms with Gasteiger partial charge in [0.2, 0.25) is 0 Å². The molecule has 0 spiro atoms. The Morgan fingerprint density at radius 3 is 2.55 bits per heavy atom. The predicted octanol–water partition coefficient (Wildman–Crippen LogP) is 3.84. The number of furan rings is 1. The zero-order valence-corrected chi connectivity index (χ0v) is 13.1. The van der Waals surface area contributed by atoms with Gasteiger partial charge in [-0.3, -0.25) is 4.79 Å². The summed E-state index contributed by atoms with van der Waals surface area (Å²) in [5.74, 6) is 0.887. The van der Waals surface area contributed by atoms with Crippen LogP contribution in [0.5, 0.6) is 0 Å². The van der Waals surface area contributed by atoms with Crippen LogP contribution >= 0.6 is 0 Å². The smallest absolute Gasteiger partial charge is 0.255 e. The minimum atomic E-state index is -0.144. The second kappa shape index (κ2) is 6.95. The third-order valence-corrected chi connectivity index (χ3v) is 3.90. The van der Waals surface area contributed by atoms with Gasteiger partial charge in [0, 0.05) is 6.04 Å². The third-order valence-electron chi connectivity index (χ3n) is 3.90. The molecule has 4 heteroatoms. The molecule has 1 aromatic carbocycles. The number of nitrogens with zero attached hydrogens (tertiary/aromatic N) is 2. The fraction of sp³-hybridized carbons (Fsp3) is 0.333. The minimum Gasteiger partial charge on any atom is -0.467 e. The van der Waals surface area contributed by atoms with Gasteiger partial charge in [0.25, 0.3) is 5.91 Å². The van der Waals surface area contributed by atoms with Gasteiger partial charge in [-0.15, -0.1) is 0 Å². The first-order valence-electron chi connectivity index (χ1n) is 7.37. The first-order chi connectivity index (χ1) is 10.5.